The highest BCUT2D eigenvalue weighted by Gasteiger charge is 2.51. The average Bonchev–Trinajstić information content (AvgIpc) is 2.77. The number of aromatic nitrogens is 2. The topological polar surface area (TPSA) is 67.7 Å². The average molecular weight is 365 g/mol. The first-order valence-electron chi connectivity index (χ1n) is 8.98. The smallest absolute Gasteiger partial charge is 0.399 e. The van der Waals surface area contributed by atoms with E-state index in [1.54, 1.807) is 11.8 Å². The zero-order valence-electron chi connectivity index (χ0n) is 15.6. The van der Waals surface area contributed by atoms with Crippen molar-refractivity contribution in [1.82, 2.24) is 14.9 Å². The number of likely N-dealkylation sites (tertiary alicyclic amines) is 1. The van der Waals surface area contributed by atoms with Gasteiger partial charge in [0.2, 0.25) is 0 Å². The SMILES string of the molecule is CC1(C)OB(c2cnc(S[C@H]3CCCN(CCO)C3)nc2)OC1(C)C. The van der Waals surface area contributed by atoms with Crippen LogP contribution in [0.1, 0.15) is 40.5 Å². The summed E-state index contributed by atoms with van der Waals surface area (Å²) >= 11 is 1.72. The minimum absolute atomic E-state index is 0.219. The van der Waals surface area contributed by atoms with Crippen molar-refractivity contribution in [2.45, 2.75) is 62.1 Å². The van der Waals surface area contributed by atoms with Crippen molar-refractivity contribution in [3.63, 3.8) is 0 Å². The number of hydrogen-bond donors (Lipinski definition) is 1. The third-order valence-corrected chi connectivity index (χ3v) is 6.46. The largest absolute Gasteiger partial charge is 0.498 e. The van der Waals surface area contributed by atoms with Crippen LogP contribution in [0.2, 0.25) is 0 Å². The van der Waals surface area contributed by atoms with Crippen molar-refractivity contribution >= 4 is 24.3 Å². The molecule has 1 N–H and O–H groups in total. The second kappa shape index (κ2) is 7.52. The Labute approximate surface area is 154 Å². The minimum atomic E-state index is -0.418. The molecule has 3 rings (SSSR count). The molecule has 0 unspecified atom stereocenters. The van der Waals surface area contributed by atoms with Gasteiger partial charge in [0.05, 0.1) is 17.8 Å². The quantitative estimate of drug-likeness (QED) is 0.624. The van der Waals surface area contributed by atoms with Crippen molar-refractivity contribution in [3.05, 3.63) is 12.4 Å². The van der Waals surface area contributed by atoms with Crippen LogP contribution in [0, 0.1) is 0 Å². The fraction of sp³-hybridized carbons (Fsp3) is 0.765. The third-order valence-electron chi connectivity index (χ3n) is 5.32. The molecule has 0 aromatic carbocycles. The van der Waals surface area contributed by atoms with Gasteiger partial charge in [-0.15, -0.1) is 0 Å². The van der Waals surface area contributed by atoms with Gasteiger partial charge in [0.25, 0.3) is 0 Å². The van der Waals surface area contributed by atoms with Crippen LogP contribution in [0.4, 0.5) is 0 Å². The van der Waals surface area contributed by atoms with Crippen LogP contribution in [-0.2, 0) is 9.31 Å². The van der Waals surface area contributed by atoms with E-state index in [2.05, 4.69) is 14.9 Å². The molecule has 0 aliphatic carbocycles. The predicted molar refractivity (Wildman–Crippen MR) is 100 cm³/mol. The highest BCUT2D eigenvalue weighted by Crippen LogP contribution is 2.36. The van der Waals surface area contributed by atoms with Gasteiger partial charge in [-0.1, -0.05) is 11.8 Å². The van der Waals surface area contributed by atoms with Gasteiger partial charge < -0.3 is 14.4 Å². The lowest BCUT2D eigenvalue weighted by Gasteiger charge is -2.32. The number of rotatable bonds is 5. The molecule has 1 aromatic rings. The Morgan fingerprint density at radius 2 is 1.88 bits per heavy atom. The fourth-order valence-corrected chi connectivity index (χ4v) is 4.19. The van der Waals surface area contributed by atoms with E-state index in [9.17, 15) is 0 Å². The van der Waals surface area contributed by atoms with Crippen LogP contribution in [0.5, 0.6) is 0 Å². The molecule has 8 heteroatoms. The number of aliphatic hydroxyl groups excluding tert-OH is 1. The number of piperidine rings is 1. The Bertz CT molecular complexity index is 567. The molecular weight excluding hydrogens is 337 g/mol. The minimum Gasteiger partial charge on any atom is -0.399 e. The lowest BCUT2D eigenvalue weighted by atomic mass is 9.81. The molecule has 2 saturated heterocycles. The van der Waals surface area contributed by atoms with Crippen molar-refractivity contribution in [3.8, 4) is 0 Å². The van der Waals surface area contributed by atoms with Gasteiger partial charge >= 0.3 is 7.12 Å². The summed E-state index contributed by atoms with van der Waals surface area (Å²) in [6, 6.07) is 0. The molecule has 6 nitrogen and oxygen atoms in total. The number of hydrogen-bond acceptors (Lipinski definition) is 7. The Hall–Kier alpha value is -0.665. The Kier molecular flexibility index (Phi) is 5.75. The summed E-state index contributed by atoms with van der Waals surface area (Å²) in [5.74, 6) is 0. The molecule has 25 heavy (non-hydrogen) atoms. The molecule has 3 heterocycles. The molecule has 0 bridgehead atoms. The molecule has 0 spiro atoms. The van der Waals surface area contributed by atoms with Crippen molar-refractivity contribution in [2.24, 2.45) is 0 Å². The summed E-state index contributed by atoms with van der Waals surface area (Å²) in [6.45, 7) is 11.2. The van der Waals surface area contributed by atoms with Gasteiger partial charge in [-0.25, -0.2) is 9.97 Å². The molecular formula is C17H28BN3O3S. The van der Waals surface area contributed by atoms with Gasteiger partial charge in [0.1, 0.15) is 0 Å². The van der Waals surface area contributed by atoms with Gasteiger partial charge in [-0.05, 0) is 47.1 Å². The molecule has 1 atom stereocenters. The highest BCUT2D eigenvalue weighted by atomic mass is 32.2. The van der Waals surface area contributed by atoms with Crippen molar-refractivity contribution < 1.29 is 14.4 Å². The normalized spacial score (nSPS) is 26.1. The molecule has 2 fully saturated rings. The van der Waals surface area contributed by atoms with Crippen LogP contribution >= 0.6 is 11.8 Å². The summed E-state index contributed by atoms with van der Waals surface area (Å²) in [4.78, 5) is 11.3. The molecule has 0 radical (unpaired) electrons. The Morgan fingerprint density at radius 3 is 2.48 bits per heavy atom. The Balaban J connectivity index is 1.60. The summed E-state index contributed by atoms with van der Waals surface area (Å²) in [7, 11) is -0.418. The van der Waals surface area contributed by atoms with Crippen LogP contribution in [0.3, 0.4) is 0 Å². The first-order chi connectivity index (χ1) is 11.8. The van der Waals surface area contributed by atoms with Gasteiger partial charge in [0.15, 0.2) is 5.16 Å². The van der Waals surface area contributed by atoms with E-state index in [1.807, 2.05) is 40.1 Å². The molecule has 0 amide bonds. The second-order valence-electron chi connectivity index (χ2n) is 7.79. The van der Waals surface area contributed by atoms with Gasteiger partial charge in [0, 0.05) is 36.2 Å². The second-order valence-corrected chi connectivity index (χ2v) is 9.06. The number of nitrogens with zero attached hydrogens (tertiary/aromatic N) is 3. The van der Waals surface area contributed by atoms with Crippen molar-refractivity contribution in [2.75, 3.05) is 26.2 Å². The van der Waals surface area contributed by atoms with E-state index in [4.69, 9.17) is 14.4 Å². The predicted octanol–water partition coefficient (Wildman–Crippen LogP) is 1.32. The molecule has 1 aromatic heterocycles. The fourth-order valence-electron chi connectivity index (χ4n) is 3.09. The summed E-state index contributed by atoms with van der Waals surface area (Å²) in [5.41, 5.74) is 0.140. The standard InChI is InChI=1S/C17H28BN3O3S/c1-16(2)17(3,4)24-18(23-16)13-10-19-15(20-11-13)25-14-6-5-7-21(12-14)8-9-22/h10-11,14,22H,5-9,12H2,1-4H3/t14-/m0/s1. The van der Waals surface area contributed by atoms with E-state index in [0.717, 1.165) is 43.1 Å². The lowest BCUT2D eigenvalue weighted by Crippen LogP contribution is -2.41. The van der Waals surface area contributed by atoms with Crippen LogP contribution in [-0.4, -0.2) is 69.8 Å². The zero-order chi connectivity index (χ0) is 18.1. The maximum Gasteiger partial charge on any atom is 0.498 e. The summed E-state index contributed by atoms with van der Waals surface area (Å²) in [5, 5.41) is 10.4. The van der Waals surface area contributed by atoms with Gasteiger partial charge in [-0.3, -0.25) is 4.90 Å². The van der Waals surface area contributed by atoms with E-state index in [-0.39, 0.29) is 17.8 Å². The maximum absolute atomic E-state index is 9.11. The van der Waals surface area contributed by atoms with Crippen LogP contribution < -0.4 is 5.46 Å². The Morgan fingerprint density at radius 1 is 1.24 bits per heavy atom. The van der Waals surface area contributed by atoms with E-state index < -0.39 is 7.12 Å². The molecule has 0 saturated carbocycles. The van der Waals surface area contributed by atoms with Crippen molar-refractivity contribution in [1.29, 1.82) is 0 Å². The first kappa shape index (κ1) is 19.1. The van der Waals surface area contributed by atoms with Crippen LogP contribution in [0.15, 0.2) is 17.6 Å². The zero-order valence-corrected chi connectivity index (χ0v) is 16.4. The lowest BCUT2D eigenvalue weighted by molar-refractivity contribution is 0.00578. The number of β-amino-alcohol motifs (C(OH)–C–C–N with tert-alkyl or cyclic N) is 1. The number of thioether (sulfide) groups is 1. The molecule has 2 aliphatic rings. The number of aliphatic hydroxyl groups is 1. The first-order valence-corrected chi connectivity index (χ1v) is 9.86. The highest BCUT2D eigenvalue weighted by molar-refractivity contribution is 7.99. The molecule has 138 valence electrons. The van der Waals surface area contributed by atoms with E-state index in [1.165, 1.54) is 0 Å². The maximum atomic E-state index is 9.11. The van der Waals surface area contributed by atoms with E-state index >= 15 is 0 Å². The third kappa shape index (κ3) is 4.36. The summed E-state index contributed by atoms with van der Waals surface area (Å²) in [6.07, 6.45) is 5.94. The molecule has 2 aliphatic heterocycles. The summed E-state index contributed by atoms with van der Waals surface area (Å²) < 4.78 is 12.1. The van der Waals surface area contributed by atoms with Crippen LogP contribution in [0.25, 0.3) is 0 Å². The van der Waals surface area contributed by atoms with Gasteiger partial charge in [-0.2, -0.15) is 0 Å². The van der Waals surface area contributed by atoms with E-state index in [0.29, 0.717) is 5.25 Å². The monoisotopic (exact) mass is 365 g/mol.